The van der Waals surface area contributed by atoms with E-state index in [4.69, 9.17) is 14.2 Å². The van der Waals surface area contributed by atoms with Crippen LogP contribution in [-0.2, 0) is 28.6 Å². The summed E-state index contributed by atoms with van der Waals surface area (Å²) >= 11 is 0. The first-order valence-electron chi connectivity index (χ1n) is 25.1. The maximum absolute atomic E-state index is 12.7. The lowest BCUT2D eigenvalue weighted by Crippen LogP contribution is -2.30. The van der Waals surface area contributed by atoms with Crippen LogP contribution >= 0.6 is 0 Å². The second-order valence-corrected chi connectivity index (χ2v) is 16.7. The van der Waals surface area contributed by atoms with Crippen LogP contribution < -0.4 is 0 Å². The normalized spacial score (nSPS) is 12.4. The van der Waals surface area contributed by atoms with Gasteiger partial charge in [0, 0.05) is 19.3 Å². The molecule has 0 amide bonds. The Bertz CT molecular complexity index is 1040. The first kappa shape index (κ1) is 56.4. The van der Waals surface area contributed by atoms with E-state index in [1.54, 1.807) is 0 Å². The van der Waals surface area contributed by atoms with Gasteiger partial charge >= 0.3 is 17.9 Å². The standard InChI is InChI=1S/C53H94O6/c1-4-7-10-13-16-19-22-25-26-27-29-31-34-37-40-43-46-52(55)58-49-50(48-57-51(54)45-42-39-36-33-30-24-21-18-15-12-9-6-3)59-53(56)47-44-41-38-35-32-28-23-20-17-14-11-8-5-2/h8,11,17,20,26-28,32,50H,4-7,9-10,12-16,18-19,21-25,29-31,33-49H2,1-3H3/b11-8-,20-17-,27-26-,32-28-. The van der Waals surface area contributed by atoms with E-state index < -0.39 is 6.10 Å². The molecule has 0 aliphatic rings. The molecule has 0 N–H and O–H groups in total. The summed E-state index contributed by atoms with van der Waals surface area (Å²) in [7, 11) is 0. The molecule has 0 heterocycles. The van der Waals surface area contributed by atoms with E-state index in [9.17, 15) is 14.4 Å². The molecule has 0 aliphatic carbocycles. The third-order valence-corrected chi connectivity index (χ3v) is 10.8. The number of hydrogen-bond acceptors (Lipinski definition) is 6. The van der Waals surface area contributed by atoms with E-state index in [0.717, 1.165) is 89.9 Å². The lowest BCUT2D eigenvalue weighted by atomic mass is 10.0. The third kappa shape index (κ3) is 46.3. The van der Waals surface area contributed by atoms with Crippen molar-refractivity contribution >= 4 is 17.9 Å². The average Bonchev–Trinajstić information content (AvgIpc) is 3.23. The highest BCUT2D eigenvalue weighted by molar-refractivity contribution is 5.71. The van der Waals surface area contributed by atoms with E-state index in [1.165, 1.54) is 122 Å². The Kier molecular flexibility index (Phi) is 45.9. The molecule has 342 valence electrons. The first-order valence-corrected chi connectivity index (χ1v) is 25.1. The Morgan fingerprint density at radius 1 is 0.356 bits per heavy atom. The largest absolute Gasteiger partial charge is 0.462 e. The van der Waals surface area contributed by atoms with Gasteiger partial charge in [-0.05, 0) is 77.0 Å². The zero-order chi connectivity index (χ0) is 43.0. The van der Waals surface area contributed by atoms with Gasteiger partial charge < -0.3 is 14.2 Å². The van der Waals surface area contributed by atoms with Crippen LogP contribution in [0.3, 0.4) is 0 Å². The fourth-order valence-electron chi connectivity index (χ4n) is 7.04. The lowest BCUT2D eigenvalue weighted by molar-refractivity contribution is -0.167. The van der Waals surface area contributed by atoms with Crippen LogP contribution in [0.2, 0.25) is 0 Å². The molecule has 0 bridgehead atoms. The Balaban J connectivity index is 4.40. The van der Waals surface area contributed by atoms with Crippen LogP contribution in [0, 0.1) is 0 Å². The van der Waals surface area contributed by atoms with Gasteiger partial charge in [0.15, 0.2) is 6.10 Å². The third-order valence-electron chi connectivity index (χ3n) is 10.8. The van der Waals surface area contributed by atoms with Crippen molar-refractivity contribution in [3.63, 3.8) is 0 Å². The first-order chi connectivity index (χ1) is 29.0. The predicted octanol–water partition coefficient (Wildman–Crippen LogP) is 16.3. The van der Waals surface area contributed by atoms with Gasteiger partial charge in [-0.15, -0.1) is 0 Å². The van der Waals surface area contributed by atoms with Gasteiger partial charge in [-0.1, -0.05) is 204 Å². The number of allylic oxidation sites excluding steroid dienone is 8. The van der Waals surface area contributed by atoms with Crippen molar-refractivity contribution in [1.29, 1.82) is 0 Å². The molecular weight excluding hydrogens is 733 g/mol. The maximum Gasteiger partial charge on any atom is 0.306 e. The topological polar surface area (TPSA) is 78.9 Å². The van der Waals surface area contributed by atoms with Crippen LogP contribution in [0.4, 0.5) is 0 Å². The number of carbonyl (C=O) groups is 3. The summed E-state index contributed by atoms with van der Waals surface area (Å²) in [6.45, 7) is 6.49. The number of carbonyl (C=O) groups excluding carboxylic acids is 3. The Morgan fingerprint density at radius 2 is 0.661 bits per heavy atom. The fourth-order valence-corrected chi connectivity index (χ4v) is 7.04. The summed E-state index contributed by atoms with van der Waals surface area (Å²) in [5, 5.41) is 0. The lowest BCUT2D eigenvalue weighted by Gasteiger charge is -2.18. The van der Waals surface area contributed by atoms with Crippen molar-refractivity contribution in [2.24, 2.45) is 0 Å². The molecule has 6 heteroatoms. The van der Waals surface area contributed by atoms with Crippen molar-refractivity contribution in [1.82, 2.24) is 0 Å². The fraction of sp³-hybridized carbons (Fsp3) is 0.792. The SMILES string of the molecule is CC/C=C\C/C=C\C/C=C\CCCCCC(=O)OC(COC(=O)CCCCCCC/C=C\CCCCCCCCC)COC(=O)CCCCCCCCCCCCCC. The van der Waals surface area contributed by atoms with E-state index in [1.807, 2.05) is 0 Å². The number of unbranched alkanes of at least 4 members (excludes halogenated alkanes) is 26. The van der Waals surface area contributed by atoms with Gasteiger partial charge in [-0.25, -0.2) is 0 Å². The second kappa shape index (κ2) is 48.0. The summed E-state index contributed by atoms with van der Waals surface area (Å²) < 4.78 is 16.7. The molecule has 0 aromatic rings. The number of hydrogen-bond donors (Lipinski definition) is 0. The minimum absolute atomic E-state index is 0.0856. The Hall–Kier alpha value is -2.63. The van der Waals surface area contributed by atoms with Gasteiger partial charge in [0.2, 0.25) is 0 Å². The number of rotatable bonds is 45. The van der Waals surface area contributed by atoms with Crippen LogP contribution in [0.25, 0.3) is 0 Å². The summed E-state index contributed by atoms with van der Waals surface area (Å²) in [6.07, 6.45) is 56.6. The molecule has 0 rings (SSSR count). The van der Waals surface area contributed by atoms with Crippen LogP contribution in [-0.4, -0.2) is 37.2 Å². The monoisotopic (exact) mass is 827 g/mol. The Morgan fingerprint density at radius 3 is 1.07 bits per heavy atom. The van der Waals surface area contributed by atoms with Crippen molar-refractivity contribution in [3.05, 3.63) is 48.6 Å². The number of esters is 3. The summed E-state index contributed by atoms with van der Waals surface area (Å²) in [5.41, 5.74) is 0. The maximum atomic E-state index is 12.7. The highest BCUT2D eigenvalue weighted by Crippen LogP contribution is 2.15. The molecule has 0 aliphatic heterocycles. The Labute approximate surface area is 365 Å². The van der Waals surface area contributed by atoms with Gasteiger partial charge in [0.05, 0.1) is 0 Å². The van der Waals surface area contributed by atoms with E-state index >= 15 is 0 Å². The average molecular weight is 827 g/mol. The molecule has 0 aromatic carbocycles. The highest BCUT2D eigenvalue weighted by atomic mass is 16.6. The predicted molar refractivity (Wildman–Crippen MR) is 252 cm³/mol. The molecule has 0 aromatic heterocycles. The van der Waals surface area contributed by atoms with E-state index in [-0.39, 0.29) is 31.1 Å². The van der Waals surface area contributed by atoms with Crippen LogP contribution in [0.1, 0.15) is 252 Å². The molecule has 0 spiro atoms. The van der Waals surface area contributed by atoms with Gasteiger partial charge in [0.25, 0.3) is 0 Å². The minimum Gasteiger partial charge on any atom is -0.462 e. The van der Waals surface area contributed by atoms with Crippen molar-refractivity contribution in [2.45, 2.75) is 258 Å². The molecule has 0 radical (unpaired) electrons. The molecule has 0 saturated heterocycles. The van der Waals surface area contributed by atoms with Crippen molar-refractivity contribution in [2.75, 3.05) is 13.2 Å². The molecule has 1 atom stereocenters. The summed E-state index contributed by atoms with van der Waals surface area (Å²) in [4.78, 5) is 37.9. The highest BCUT2D eigenvalue weighted by Gasteiger charge is 2.19. The molecule has 6 nitrogen and oxygen atoms in total. The molecule has 59 heavy (non-hydrogen) atoms. The van der Waals surface area contributed by atoms with E-state index in [2.05, 4.69) is 69.4 Å². The van der Waals surface area contributed by atoms with Crippen molar-refractivity contribution in [3.8, 4) is 0 Å². The van der Waals surface area contributed by atoms with Gasteiger partial charge in [0.1, 0.15) is 13.2 Å². The van der Waals surface area contributed by atoms with Gasteiger partial charge in [-0.3, -0.25) is 14.4 Å². The quantitative estimate of drug-likeness (QED) is 0.0263. The van der Waals surface area contributed by atoms with Crippen LogP contribution in [0.5, 0.6) is 0 Å². The van der Waals surface area contributed by atoms with Crippen LogP contribution in [0.15, 0.2) is 48.6 Å². The van der Waals surface area contributed by atoms with Crippen molar-refractivity contribution < 1.29 is 28.6 Å². The van der Waals surface area contributed by atoms with E-state index in [0.29, 0.717) is 19.3 Å². The minimum atomic E-state index is -0.787. The summed E-state index contributed by atoms with van der Waals surface area (Å²) in [6, 6.07) is 0. The van der Waals surface area contributed by atoms with Gasteiger partial charge in [-0.2, -0.15) is 0 Å². The smallest absolute Gasteiger partial charge is 0.306 e. The zero-order valence-electron chi connectivity index (χ0n) is 39.0. The zero-order valence-corrected chi connectivity index (χ0v) is 39.0. The molecule has 0 saturated carbocycles. The molecule has 1 unspecified atom stereocenters. The second-order valence-electron chi connectivity index (χ2n) is 16.7. The molecule has 0 fully saturated rings. The molecular formula is C53H94O6. The summed E-state index contributed by atoms with van der Waals surface area (Å²) in [5.74, 6) is -0.919. The number of ether oxygens (including phenoxy) is 3.